The number of amides is 1. The molecule has 1 fully saturated rings. The van der Waals surface area contributed by atoms with Gasteiger partial charge in [0.1, 0.15) is 0 Å². The van der Waals surface area contributed by atoms with Crippen molar-refractivity contribution in [3.63, 3.8) is 0 Å². The van der Waals surface area contributed by atoms with Gasteiger partial charge >= 0.3 is 0 Å². The summed E-state index contributed by atoms with van der Waals surface area (Å²) in [7, 11) is 0. The lowest BCUT2D eigenvalue weighted by atomic mass is 10.1. The predicted octanol–water partition coefficient (Wildman–Crippen LogP) is 1.89. The number of rotatable bonds is 7. The number of piperidine rings is 1. The Hall–Kier alpha value is -0.890. The quantitative estimate of drug-likeness (QED) is 0.738. The third-order valence-corrected chi connectivity index (χ3v) is 4.41. The summed E-state index contributed by atoms with van der Waals surface area (Å²) in [6.45, 7) is 12.1. The topological polar surface area (TPSA) is 75.1 Å². The molecular formula is C16H32Cl2N6O. The van der Waals surface area contributed by atoms with Gasteiger partial charge in [0.2, 0.25) is 0 Å². The van der Waals surface area contributed by atoms with E-state index in [4.69, 9.17) is 0 Å². The van der Waals surface area contributed by atoms with Gasteiger partial charge in [0.15, 0.2) is 5.69 Å². The molecule has 25 heavy (non-hydrogen) atoms. The maximum atomic E-state index is 12.2. The molecule has 1 aromatic heterocycles. The fourth-order valence-electron chi connectivity index (χ4n) is 3.13. The van der Waals surface area contributed by atoms with Crippen LogP contribution in [0.2, 0.25) is 0 Å². The number of carbonyl (C=O) groups is 1. The van der Waals surface area contributed by atoms with Crippen LogP contribution in [0, 0.1) is 0 Å². The van der Waals surface area contributed by atoms with E-state index in [2.05, 4.69) is 53.5 Å². The molecule has 146 valence electrons. The van der Waals surface area contributed by atoms with Gasteiger partial charge in [-0.3, -0.25) is 9.69 Å². The van der Waals surface area contributed by atoms with Gasteiger partial charge in [0.05, 0.1) is 12.2 Å². The molecule has 1 aliphatic heterocycles. The third kappa shape index (κ3) is 7.09. The lowest BCUT2D eigenvalue weighted by molar-refractivity contribution is 0.0934. The summed E-state index contributed by atoms with van der Waals surface area (Å²) in [6.07, 6.45) is 3.83. The van der Waals surface area contributed by atoms with Crippen LogP contribution in [0.4, 0.5) is 0 Å². The van der Waals surface area contributed by atoms with Gasteiger partial charge in [0.25, 0.3) is 5.91 Å². The molecule has 9 heteroatoms. The van der Waals surface area contributed by atoms with Gasteiger partial charge in [-0.1, -0.05) is 5.21 Å². The largest absolute Gasteiger partial charge is 0.349 e. The average Bonchev–Trinajstić information content (AvgIpc) is 3.01. The Morgan fingerprint density at radius 1 is 1.28 bits per heavy atom. The Bertz CT molecular complexity index is 495. The maximum Gasteiger partial charge on any atom is 0.273 e. The van der Waals surface area contributed by atoms with Crippen molar-refractivity contribution in [2.45, 2.75) is 58.7 Å². The lowest BCUT2D eigenvalue weighted by Gasteiger charge is -2.30. The molecule has 0 aromatic carbocycles. The van der Waals surface area contributed by atoms with Crippen LogP contribution in [0.25, 0.3) is 0 Å². The summed E-state index contributed by atoms with van der Waals surface area (Å²) in [6, 6.07) is 1.28. The van der Waals surface area contributed by atoms with Crippen LogP contribution in [0.1, 0.15) is 57.1 Å². The molecule has 0 unspecified atom stereocenters. The van der Waals surface area contributed by atoms with Gasteiger partial charge < -0.3 is 10.6 Å². The molecule has 1 saturated heterocycles. The van der Waals surface area contributed by atoms with Crippen molar-refractivity contribution in [3.8, 4) is 0 Å². The second-order valence-electron chi connectivity index (χ2n) is 6.75. The summed E-state index contributed by atoms with van der Waals surface area (Å²) in [5.41, 5.74) is 0.407. The van der Waals surface area contributed by atoms with E-state index in [9.17, 15) is 4.79 Å². The minimum absolute atomic E-state index is 0. The predicted molar refractivity (Wildman–Crippen MR) is 105 cm³/mol. The molecule has 0 saturated carbocycles. The molecule has 0 aliphatic carbocycles. The monoisotopic (exact) mass is 394 g/mol. The van der Waals surface area contributed by atoms with Gasteiger partial charge in [0, 0.05) is 25.2 Å². The zero-order valence-electron chi connectivity index (χ0n) is 15.6. The van der Waals surface area contributed by atoms with Crippen LogP contribution >= 0.6 is 24.8 Å². The fraction of sp³-hybridized carbons (Fsp3) is 0.812. The second kappa shape index (κ2) is 11.7. The smallest absolute Gasteiger partial charge is 0.273 e. The highest BCUT2D eigenvalue weighted by Gasteiger charge is 2.19. The third-order valence-electron chi connectivity index (χ3n) is 4.41. The standard InChI is InChI=1S/C16H30N6O.2ClH/c1-12(2)21(13(3)4)10-9-18-16(23)15-11-22(20-19-15)14-5-7-17-8-6-14;;/h11-14,17H,5-10H2,1-4H3,(H,18,23);2*1H. The van der Waals surface area contributed by atoms with E-state index < -0.39 is 0 Å². The van der Waals surface area contributed by atoms with Crippen LogP contribution in [0.3, 0.4) is 0 Å². The average molecular weight is 395 g/mol. The molecule has 2 heterocycles. The summed E-state index contributed by atoms with van der Waals surface area (Å²) in [4.78, 5) is 14.6. The number of hydrogen-bond donors (Lipinski definition) is 2. The van der Waals surface area contributed by atoms with Crippen molar-refractivity contribution in [2.24, 2.45) is 0 Å². The highest BCUT2D eigenvalue weighted by Crippen LogP contribution is 2.16. The minimum Gasteiger partial charge on any atom is -0.349 e. The van der Waals surface area contributed by atoms with E-state index in [1.165, 1.54) is 0 Å². The Kier molecular flexibility index (Phi) is 11.3. The number of hydrogen-bond acceptors (Lipinski definition) is 5. The summed E-state index contributed by atoms with van der Waals surface area (Å²) in [5, 5.41) is 14.4. The van der Waals surface area contributed by atoms with E-state index in [1.54, 1.807) is 6.20 Å². The minimum atomic E-state index is -0.141. The van der Waals surface area contributed by atoms with Gasteiger partial charge in [-0.25, -0.2) is 4.68 Å². The molecule has 0 spiro atoms. The van der Waals surface area contributed by atoms with E-state index in [0.717, 1.165) is 32.5 Å². The molecule has 0 bridgehead atoms. The second-order valence-corrected chi connectivity index (χ2v) is 6.75. The number of carbonyl (C=O) groups excluding carboxylic acids is 1. The van der Waals surface area contributed by atoms with Crippen molar-refractivity contribution in [2.75, 3.05) is 26.2 Å². The first-order valence-electron chi connectivity index (χ1n) is 8.65. The van der Waals surface area contributed by atoms with Crippen LogP contribution in [-0.4, -0.2) is 64.1 Å². The summed E-state index contributed by atoms with van der Waals surface area (Å²) in [5.74, 6) is -0.141. The number of aromatic nitrogens is 3. The van der Waals surface area contributed by atoms with Crippen molar-refractivity contribution < 1.29 is 4.79 Å². The zero-order chi connectivity index (χ0) is 16.8. The first-order valence-corrected chi connectivity index (χ1v) is 8.65. The molecule has 2 rings (SSSR count). The zero-order valence-corrected chi connectivity index (χ0v) is 17.2. The van der Waals surface area contributed by atoms with Crippen molar-refractivity contribution >= 4 is 30.7 Å². The maximum absolute atomic E-state index is 12.2. The Morgan fingerprint density at radius 2 is 1.88 bits per heavy atom. The fourth-order valence-corrected chi connectivity index (χ4v) is 3.13. The summed E-state index contributed by atoms with van der Waals surface area (Å²) >= 11 is 0. The van der Waals surface area contributed by atoms with Crippen LogP contribution in [0.5, 0.6) is 0 Å². The summed E-state index contributed by atoms with van der Waals surface area (Å²) < 4.78 is 1.84. The molecule has 7 nitrogen and oxygen atoms in total. The van der Waals surface area contributed by atoms with Gasteiger partial charge in [-0.15, -0.1) is 29.9 Å². The molecule has 0 atom stereocenters. The van der Waals surface area contributed by atoms with Crippen LogP contribution in [0.15, 0.2) is 6.20 Å². The molecule has 1 aliphatic rings. The van der Waals surface area contributed by atoms with Crippen LogP contribution < -0.4 is 10.6 Å². The van der Waals surface area contributed by atoms with Gasteiger partial charge in [-0.05, 0) is 53.6 Å². The van der Waals surface area contributed by atoms with Crippen LogP contribution in [-0.2, 0) is 0 Å². The number of halogens is 2. The lowest BCUT2D eigenvalue weighted by Crippen LogP contribution is -2.42. The van der Waals surface area contributed by atoms with E-state index in [0.29, 0.717) is 30.4 Å². The Labute approximate surface area is 163 Å². The SMILES string of the molecule is CC(C)N(CCNC(=O)c1cn(C2CCNCC2)nn1)C(C)C.Cl.Cl. The highest BCUT2D eigenvalue weighted by molar-refractivity contribution is 5.91. The molecule has 1 amide bonds. The number of nitrogens with one attached hydrogen (secondary N) is 2. The molecule has 1 aromatic rings. The molecule has 0 radical (unpaired) electrons. The van der Waals surface area contributed by atoms with E-state index >= 15 is 0 Å². The van der Waals surface area contributed by atoms with E-state index in [1.807, 2.05) is 4.68 Å². The van der Waals surface area contributed by atoms with Crippen molar-refractivity contribution in [1.29, 1.82) is 0 Å². The first kappa shape index (κ1) is 24.1. The number of nitrogens with zero attached hydrogens (tertiary/aromatic N) is 4. The molecule has 2 N–H and O–H groups in total. The normalized spacial score (nSPS) is 15.2. The first-order chi connectivity index (χ1) is 11.0. The highest BCUT2D eigenvalue weighted by atomic mass is 35.5. The van der Waals surface area contributed by atoms with Crippen molar-refractivity contribution in [3.05, 3.63) is 11.9 Å². The van der Waals surface area contributed by atoms with Crippen molar-refractivity contribution in [1.82, 2.24) is 30.5 Å². The van der Waals surface area contributed by atoms with E-state index in [-0.39, 0.29) is 30.7 Å². The Balaban J connectivity index is 0.00000288. The Morgan fingerprint density at radius 3 is 2.44 bits per heavy atom. The van der Waals surface area contributed by atoms with Gasteiger partial charge in [-0.2, -0.15) is 0 Å². The molecular weight excluding hydrogens is 363 g/mol.